The number of rotatable bonds is 3. The first-order valence-electron chi connectivity index (χ1n) is 2.65. The average Bonchev–Trinajstić information content (AvgIpc) is 1.82. The van der Waals surface area contributed by atoms with E-state index in [2.05, 4.69) is 13.2 Å². The van der Waals surface area contributed by atoms with Crippen LogP contribution in [0.1, 0.15) is 6.92 Å². The minimum Gasteiger partial charge on any atom is -0.298 e. The standard InChI is InChI=1S/C8H10O/c1-4-8(6-9)5-7(2)3/h4-6H,1-2H2,3H3/b8-5+. The third-order valence-electron chi connectivity index (χ3n) is 0.785. The summed E-state index contributed by atoms with van der Waals surface area (Å²) in [4.78, 5) is 10.1. The monoisotopic (exact) mass is 122 g/mol. The molecule has 0 aliphatic heterocycles. The molecule has 0 unspecified atom stereocenters. The number of carbonyl (C=O) groups is 1. The molecule has 0 saturated heterocycles. The van der Waals surface area contributed by atoms with E-state index in [9.17, 15) is 4.79 Å². The molecule has 0 fully saturated rings. The number of allylic oxidation sites excluding steroid dienone is 4. The molecule has 0 atom stereocenters. The first kappa shape index (κ1) is 7.89. The molecule has 1 nitrogen and oxygen atoms in total. The molecule has 0 N–H and O–H groups in total. The lowest BCUT2D eigenvalue weighted by atomic mass is 10.2. The summed E-state index contributed by atoms with van der Waals surface area (Å²) in [6.07, 6.45) is 3.93. The molecule has 0 spiro atoms. The van der Waals surface area contributed by atoms with Crippen LogP contribution >= 0.6 is 0 Å². The van der Waals surface area contributed by atoms with E-state index in [0.717, 1.165) is 11.9 Å². The summed E-state index contributed by atoms with van der Waals surface area (Å²) in [6, 6.07) is 0. The maximum absolute atomic E-state index is 10.1. The van der Waals surface area contributed by atoms with Gasteiger partial charge >= 0.3 is 0 Å². The quantitative estimate of drug-likeness (QED) is 0.317. The highest BCUT2D eigenvalue weighted by atomic mass is 16.1. The largest absolute Gasteiger partial charge is 0.298 e. The molecule has 0 aliphatic rings. The predicted molar refractivity (Wildman–Crippen MR) is 39.2 cm³/mol. The zero-order valence-corrected chi connectivity index (χ0v) is 5.55. The number of hydrogen-bond acceptors (Lipinski definition) is 1. The second-order valence-corrected chi connectivity index (χ2v) is 1.81. The normalized spacial score (nSPS) is 10.6. The van der Waals surface area contributed by atoms with Gasteiger partial charge in [-0.3, -0.25) is 4.79 Å². The summed E-state index contributed by atoms with van der Waals surface area (Å²) >= 11 is 0. The van der Waals surface area contributed by atoms with Crippen molar-refractivity contribution in [2.75, 3.05) is 0 Å². The highest BCUT2D eigenvalue weighted by molar-refractivity contribution is 5.77. The SMILES string of the molecule is C=C/C(C=O)=C\C(=C)C. The van der Waals surface area contributed by atoms with Crippen molar-refractivity contribution in [3.63, 3.8) is 0 Å². The first-order chi connectivity index (χ1) is 4.20. The van der Waals surface area contributed by atoms with E-state index < -0.39 is 0 Å². The minimum absolute atomic E-state index is 0.572. The molecule has 0 saturated carbocycles. The summed E-state index contributed by atoms with van der Waals surface area (Å²) in [5, 5.41) is 0. The molecule has 0 aliphatic carbocycles. The van der Waals surface area contributed by atoms with E-state index in [1.54, 1.807) is 6.08 Å². The molecule has 0 heterocycles. The second kappa shape index (κ2) is 3.84. The van der Waals surface area contributed by atoms with Crippen LogP contribution in [-0.2, 0) is 4.79 Å². The van der Waals surface area contributed by atoms with Crippen molar-refractivity contribution < 1.29 is 4.79 Å². The van der Waals surface area contributed by atoms with Crippen molar-refractivity contribution in [2.45, 2.75) is 6.92 Å². The first-order valence-corrected chi connectivity index (χ1v) is 2.65. The van der Waals surface area contributed by atoms with E-state index in [-0.39, 0.29) is 0 Å². The maximum atomic E-state index is 10.1. The Morgan fingerprint density at radius 1 is 1.56 bits per heavy atom. The summed E-state index contributed by atoms with van der Waals surface area (Å²) in [5.74, 6) is 0. The molecule has 0 aromatic heterocycles. The fourth-order valence-corrected chi connectivity index (χ4v) is 0.426. The van der Waals surface area contributed by atoms with Crippen LogP contribution in [0.2, 0.25) is 0 Å². The van der Waals surface area contributed by atoms with Crippen LogP contribution in [0.25, 0.3) is 0 Å². The van der Waals surface area contributed by atoms with Gasteiger partial charge in [0, 0.05) is 5.57 Å². The van der Waals surface area contributed by atoms with Gasteiger partial charge in [-0.05, 0) is 13.0 Å². The number of aldehydes is 1. The van der Waals surface area contributed by atoms with Gasteiger partial charge in [0.1, 0.15) is 6.29 Å². The van der Waals surface area contributed by atoms with Gasteiger partial charge in [0.05, 0.1) is 0 Å². The Balaban J connectivity index is 4.24. The van der Waals surface area contributed by atoms with Crippen molar-refractivity contribution in [1.82, 2.24) is 0 Å². The fraction of sp³-hybridized carbons (Fsp3) is 0.125. The van der Waals surface area contributed by atoms with Gasteiger partial charge in [-0.15, -0.1) is 0 Å². The smallest absolute Gasteiger partial charge is 0.150 e. The predicted octanol–water partition coefficient (Wildman–Crippen LogP) is 1.87. The molecule has 0 rings (SSSR count). The van der Waals surface area contributed by atoms with Gasteiger partial charge in [0.25, 0.3) is 0 Å². The Hall–Kier alpha value is -1.11. The van der Waals surface area contributed by atoms with Crippen LogP contribution in [0.4, 0.5) is 0 Å². The van der Waals surface area contributed by atoms with Gasteiger partial charge in [0.2, 0.25) is 0 Å². The van der Waals surface area contributed by atoms with E-state index in [4.69, 9.17) is 0 Å². The second-order valence-electron chi connectivity index (χ2n) is 1.81. The third-order valence-corrected chi connectivity index (χ3v) is 0.785. The lowest BCUT2D eigenvalue weighted by Crippen LogP contribution is -1.77. The highest BCUT2D eigenvalue weighted by Gasteiger charge is 1.84. The molecule has 9 heavy (non-hydrogen) atoms. The van der Waals surface area contributed by atoms with Crippen molar-refractivity contribution >= 4 is 6.29 Å². The van der Waals surface area contributed by atoms with Gasteiger partial charge < -0.3 is 0 Å². The van der Waals surface area contributed by atoms with E-state index >= 15 is 0 Å². The average molecular weight is 122 g/mol. The Morgan fingerprint density at radius 3 is 2.22 bits per heavy atom. The number of carbonyl (C=O) groups excluding carboxylic acids is 1. The molecule has 48 valence electrons. The van der Waals surface area contributed by atoms with Gasteiger partial charge in [-0.1, -0.05) is 24.8 Å². The zero-order valence-electron chi connectivity index (χ0n) is 5.55. The molecule has 0 amide bonds. The van der Waals surface area contributed by atoms with Gasteiger partial charge in [0.15, 0.2) is 0 Å². The summed E-state index contributed by atoms with van der Waals surface area (Å²) in [5.41, 5.74) is 1.43. The summed E-state index contributed by atoms with van der Waals surface area (Å²) in [7, 11) is 0. The summed E-state index contributed by atoms with van der Waals surface area (Å²) in [6.45, 7) is 8.88. The molecule has 0 aromatic rings. The van der Waals surface area contributed by atoms with Crippen molar-refractivity contribution in [2.24, 2.45) is 0 Å². The van der Waals surface area contributed by atoms with Crippen LogP contribution in [-0.4, -0.2) is 6.29 Å². The maximum Gasteiger partial charge on any atom is 0.150 e. The van der Waals surface area contributed by atoms with Gasteiger partial charge in [-0.25, -0.2) is 0 Å². The molecular weight excluding hydrogens is 112 g/mol. The van der Waals surface area contributed by atoms with Crippen molar-refractivity contribution in [1.29, 1.82) is 0 Å². The van der Waals surface area contributed by atoms with Crippen molar-refractivity contribution in [3.05, 3.63) is 36.5 Å². The Kier molecular flexibility index (Phi) is 3.37. The molecule has 0 radical (unpaired) electrons. The molecular formula is C8H10O. The van der Waals surface area contributed by atoms with E-state index in [1.165, 1.54) is 6.08 Å². The Morgan fingerprint density at radius 2 is 2.11 bits per heavy atom. The third kappa shape index (κ3) is 3.47. The Labute approximate surface area is 55.4 Å². The topological polar surface area (TPSA) is 17.1 Å². The van der Waals surface area contributed by atoms with Crippen molar-refractivity contribution in [3.8, 4) is 0 Å². The van der Waals surface area contributed by atoms with Crippen LogP contribution in [0.15, 0.2) is 36.5 Å². The molecule has 0 bridgehead atoms. The minimum atomic E-state index is 0.572. The Bertz CT molecular complexity index is 153. The highest BCUT2D eigenvalue weighted by Crippen LogP contribution is 1.96. The zero-order chi connectivity index (χ0) is 7.28. The van der Waals surface area contributed by atoms with Gasteiger partial charge in [-0.2, -0.15) is 0 Å². The lowest BCUT2D eigenvalue weighted by Gasteiger charge is -1.86. The van der Waals surface area contributed by atoms with Crippen LogP contribution < -0.4 is 0 Å². The lowest BCUT2D eigenvalue weighted by molar-refractivity contribution is -0.104. The summed E-state index contributed by atoms with van der Waals surface area (Å²) < 4.78 is 0. The van der Waals surface area contributed by atoms with Crippen LogP contribution in [0.5, 0.6) is 0 Å². The van der Waals surface area contributed by atoms with E-state index in [0.29, 0.717) is 5.57 Å². The number of hydrogen-bond donors (Lipinski definition) is 0. The van der Waals surface area contributed by atoms with E-state index in [1.807, 2.05) is 6.92 Å². The molecule has 1 heteroatoms. The molecule has 0 aromatic carbocycles. The fourth-order valence-electron chi connectivity index (χ4n) is 0.426. The van der Waals surface area contributed by atoms with Crippen LogP contribution in [0, 0.1) is 0 Å². The van der Waals surface area contributed by atoms with Crippen LogP contribution in [0.3, 0.4) is 0 Å².